The van der Waals surface area contributed by atoms with Crippen LogP contribution in [0.25, 0.3) is 0 Å². The van der Waals surface area contributed by atoms with Crippen molar-refractivity contribution in [2.75, 3.05) is 26.9 Å². The second kappa shape index (κ2) is 9.77. The first kappa shape index (κ1) is 22.5. The predicted octanol–water partition coefficient (Wildman–Crippen LogP) is 3.93. The Labute approximate surface area is 176 Å². The van der Waals surface area contributed by atoms with E-state index in [0.717, 1.165) is 5.56 Å². The standard InChI is InChI=1S/C21H28NO7P/c1-4-28-30(25,29-5-2)18-13-9-12-16(19(18)20(23)26-3)22-17(14-27-21(22)24)15-10-7-6-8-11-15/h6-11,13,16-19H,4-5,12,14H2,1-3H3/t16-,17+,18-,19-/m1/s1. The fraction of sp³-hybridized carbons (Fsp3) is 0.524. The average molecular weight is 437 g/mol. The minimum atomic E-state index is -3.67. The zero-order chi connectivity index (χ0) is 21.7. The Balaban J connectivity index is 2.02. The van der Waals surface area contributed by atoms with Gasteiger partial charge in [0.15, 0.2) is 0 Å². The Hall–Kier alpha value is -2.15. The van der Waals surface area contributed by atoms with E-state index in [1.807, 2.05) is 36.4 Å². The van der Waals surface area contributed by atoms with Gasteiger partial charge in [0.1, 0.15) is 6.61 Å². The molecule has 1 fully saturated rings. The molecule has 1 aromatic carbocycles. The third-order valence-corrected chi connectivity index (χ3v) is 7.86. The number of methoxy groups -OCH3 is 1. The van der Waals surface area contributed by atoms with Crippen molar-refractivity contribution in [3.8, 4) is 0 Å². The molecule has 0 saturated carbocycles. The van der Waals surface area contributed by atoms with Gasteiger partial charge in [0.25, 0.3) is 0 Å². The number of carbonyl (C=O) groups excluding carboxylic acids is 2. The third-order valence-electron chi connectivity index (χ3n) is 5.40. The maximum atomic E-state index is 13.6. The average Bonchev–Trinajstić information content (AvgIpc) is 3.15. The molecule has 1 heterocycles. The van der Waals surface area contributed by atoms with Gasteiger partial charge in [0, 0.05) is 0 Å². The number of rotatable bonds is 8. The van der Waals surface area contributed by atoms with Crippen LogP contribution < -0.4 is 0 Å². The fourth-order valence-corrected chi connectivity index (χ4v) is 6.36. The maximum absolute atomic E-state index is 13.6. The van der Waals surface area contributed by atoms with Gasteiger partial charge in [-0.15, -0.1) is 0 Å². The lowest BCUT2D eigenvalue weighted by Gasteiger charge is -2.40. The van der Waals surface area contributed by atoms with Crippen LogP contribution >= 0.6 is 7.60 Å². The van der Waals surface area contributed by atoms with Crippen molar-refractivity contribution in [3.05, 3.63) is 48.0 Å². The van der Waals surface area contributed by atoms with E-state index < -0.39 is 37.3 Å². The Morgan fingerprint density at radius 1 is 1.20 bits per heavy atom. The summed E-state index contributed by atoms with van der Waals surface area (Å²) >= 11 is 0. The number of carbonyl (C=O) groups is 2. The molecule has 164 valence electrons. The van der Waals surface area contributed by atoms with E-state index in [9.17, 15) is 14.2 Å². The molecule has 1 saturated heterocycles. The zero-order valence-electron chi connectivity index (χ0n) is 17.4. The summed E-state index contributed by atoms with van der Waals surface area (Å²) < 4.78 is 35.0. The summed E-state index contributed by atoms with van der Waals surface area (Å²) in [4.78, 5) is 27.2. The highest BCUT2D eigenvalue weighted by Gasteiger charge is 2.53. The molecule has 1 aromatic rings. The van der Waals surface area contributed by atoms with E-state index in [1.165, 1.54) is 7.11 Å². The van der Waals surface area contributed by atoms with Gasteiger partial charge in [-0.05, 0) is 25.8 Å². The Kier molecular flexibility index (Phi) is 7.34. The van der Waals surface area contributed by atoms with Gasteiger partial charge in [-0.3, -0.25) is 14.3 Å². The van der Waals surface area contributed by atoms with Gasteiger partial charge < -0.3 is 18.5 Å². The molecule has 1 aliphatic heterocycles. The van der Waals surface area contributed by atoms with Gasteiger partial charge in [-0.25, -0.2) is 4.79 Å². The maximum Gasteiger partial charge on any atom is 0.410 e. The minimum absolute atomic E-state index is 0.165. The molecule has 0 N–H and O–H groups in total. The molecule has 1 amide bonds. The van der Waals surface area contributed by atoms with Crippen LogP contribution in [-0.4, -0.2) is 55.6 Å². The molecule has 2 aliphatic rings. The monoisotopic (exact) mass is 437 g/mol. The van der Waals surface area contributed by atoms with Crippen molar-refractivity contribution < 1.29 is 32.7 Å². The summed E-state index contributed by atoms with van der Waals surface area (Å²) in [6.45, 7) is 3.94. The summed E-state index contributed by atoms with van der Waals surface area (Å²) in [5.74, 6) is -1.48. The van der Waals surface area contributed by atoms with Crippen LogP contribution in [-0.2, 0) is 27.9 Å². The number of hydrogen-bond donors (Lipinski definition) is 0. The van der Waals surface area contributed by atoms with Crippen molar-refractivity contribution >= 4 is 19.7 Å². The van der Waals surface area contributed by atoms with Gasteiger partial charge in [-0.2, -0.15) is 0 Å². The number of hydrogen-bond acceptors (Lipinski definition) is 7. The number of benzene rings is 1. The lowest BCUT2D eigenvalue weighted by molar-refractivity contribution is -0.147. The molecule has 0 aromatic heterocycles. The van der Waals surface area contributed by atoms with Crippen LogP contribution in [0.5, 0.6) is 0 Å². The van der Waals surface area contributed by atoms with E-state index in [4.69, 9.17) is 18.5 Å². The first-order valence-corrected chi connectivity index (χ1v) is 11.7. The van der Waals surface area contributed by atoms with Crippen molar-refractivity contribution in [1.82, 2.24) is 4.90 Å². The predicted molar refractivity (Wildman–Crippen MR) is 110 cm³/mol. The molecule has 0 unspecified atom stereocenters. The van der Waals surface area contributed by atoms with Crippen LogP contribution in [0, 0.1) is 5.92 Å². The van der Waals surface area contributed by atoms with E-state index in [-0.39, 0.29) is 25.9 Å². The number of ether oxygens (including phenoxy) is 2. The van der Waals surface area contributed by atoms with E-state index in [1.54, 1.807) is 24.8 Å². The summed E-state index contributed by atoms with van der Waals surface area (Å²) in [6.07, 6.45) is 3.38. The van der Waals surface area contributed by atoms with Gasteiger partial charge in [-0.1, -0.05) is 42.5 Å². The smallest absolute Gasteiger partial charge is 0.410 e. The number of allylic oxidation sites excluding steroid dienone is 1. The highest BCUT2D eigenvalue weighted by Crippen LogP contribution is 2.58. The summed E-state index contributed by atoms with van der Waals surface area (Å²) in [5.41, 5.74) is 0.0318. The first-order chi connectivity index (χ1) is 14.5. The molecular weight excluding hydrogens is 409 g/mol. The summed E-state index contributed by atoms with van der Waals surface area (Å²) in [5, 5.41) is 0. The molecule has 0 bridgehead atoms. The van der Waals surface area contributed by atoms with Crippen molar-refractivity contribution in [2.24, 2.45) is 5.92 Å². The number of cyclic esters (lactones) is 1. The number of esters is 1. The molecule has 3 rings (SSSR count). The van der Waals surface area contributed by atoms with Crippen molar-refractivity contribution in [3.63, 3.8) is 0 Å². The summed E-state index contributed by atoms with van der Waals surface area (Å²) in [6, 6.07) is 8.51. The highest BCUT2D eigenvalue weighted by atomic mass is 31.2. The lowest BCUT2D eigenvalue weighted by atomic mass is 9.86. The Morgan fingerprint density at radius 2 is 1.87 bits per heavy atom. The SMILES string of the molecule is CCOP(=O)(OCC)[C@@H]1C=CC[C@@H](N2C(=O)OC[C@H]2c2ccccc2)[C@H]1C(=O)OC. The molecule has 30 heavy (non-hydrogen) atoms. The molecule has 0 spiro atoms. The van der Waals surface area contributed by atoms with E-state index in [0.29, 0.717) is 6.42 Å². The first-order valence-electron chi connectivity index (χ1n) is 10.1. The summed E-state index contributed by atoms with van der Waals surface area (Å²) in [7, 11) is -2.40. The van der Waals surface area contributed by atoms with Gasteiger partial charge in [0.2, 0.25) is 0 Å². The fourth-order valence-electron chi connectivity index (χ4n) is 4.17. The van der Waals surface area contributed by atoms with Crippen molar-refractivity contribution in [2.45, 2.75) is 38.0 Å². The molecule has 8 nitrogen and oxygen atoms in total. The third kappa shape index (κ3) is 4.31. The largest absolute Gasteiger partial charge is 0.469 e. The van der Waals surface area contributed by atoms with Crippen LogP contribution in [0.15, 0.2) is 42.5 Å². The Bertz CT molecular complexity index is 818. The number of nitrogens with zero attached hydrogens (tertiary/aromatic N) is 1. The van der Waals surface area contributed by atoms with Gasteiger partial charge >= 0.3 is 19.7 Å². The Morgan fingerprint density at radius 3 is 2.47 bits per heavy atom. The van der Waals surface area contributed by atoms with Crippen LogP contribution in [0.3, 0.4) is 0 Å². The van der Waals surface area contributed by atoms with Crippen molar-refractivity contribution in [1.29, 1.82) is 0 Å². The quantitative estimate of drug-likeness (QED) is 0.346. The molecule has 0 radical (unpaired) electrons. The molecular formula is C21H28NO7P. The zero-order valence-corrected chi connectivity index (χ0v) is 18.3. The topological polar surface area (TPSA) is 91.4 Å². The van der Waals surface area contributed by atoms with Crippen LogP contribution in [0.2, 0.25) is 0 Å². The number of amides is 1. The molecule has 9 heteroatoms. The lowest BCUT2D eigenvalue weighted by Crippen LogP contribution is -2.51. The normalized spacial score (nSPS) is 26.5. The van der Waals surface area contributed by atoms with E-state index >= 15 is 0 Å². The molecule has 4 atom stereocenters. The highest BCUT2D eigenvalue weighted by molar-refractivity contribution is 7.55. The second-order valence-corrected chi connectivity index (χ2v) is 9.25. The van der Waals surface area contributed by atoms with Crippen LogP contribution in [0.4, 0.5) is 4.79 Å². The minimum Gasteiger partial charge on any atom is -0.469 e. The van der Waals surface area contributed by atoms with E-state index in [2.05, 4.69) is 0 Å². The van der Waals surface area contributed by atoms with Crippen LogP contribution in [0.1, 0.15) is 31.9 Å². The second-order valence-electron chi connectivity index (χ2n) is 7.06. The molecule has 1 aliphatic carbocycles. The van der Waals surface area contributed by atoms with Gasteiger partial charge in [0.05, 0.1) is 44.0 Å².